The van der Waals surface area contributed by atoms with Crippen molar-refractivity contribution < 1.29 is 18.0 Å². The van der Waals surface area contributed by atoms with Crippen molar-refractivity contribution in [3.8, 4) is 0 Å². The Bertz CT molecular complexity index is 922. The van der Waals surface area contributed by atoms with Gasteiger partial charge in [0.1, 0.15) is 5.70 Å². The predicted molar refractivity (Wildman–Crippen MR) is 113 cm³/mol. The zero-order valence-electron chi connectivity index (χ0n) is 17.5. The normalized spacial score (nSPS) is 18.9. The number of nitrogens with zero attached hydrogens (tertiary/aromatic N) is 2. The van der Waals surface area contributed by atoms with Crippen molar-refractivity contribution in [3.63, 3.8) is 0 Å². The summed E-state index contributed by atoms with van der Waals surface area (Å²) in [6.45, 7) is 7.88. The summed E-state index contributed by atoms with van der Waals surface area (Å²) in [4.78, 5) is 28.3. The number of rotatable bonds is 7. The molecule has 1 heterocycles. The molecule has 0 radical (unpaired) electrons. The van der Waals surface area contributed by atoms with Gasteiger partial charge in [0.25, 0.3) is 0 Å². The van der Waals surface area contributed by atoms with Crippen LogP contribution in [0.4, 0.5) is 0 Å². The number of carbonyl (C=O) groups excluding carboxylic acids is 2. The van der Waals surface area contributed by atoms with Crippen LogP contribution in [-0.4, -0.2) is 55.4 Å². The summed E-state index contributed by atoms with van der Waals surface area (Å²) in [6, 6.07) is 6.52. The summed E-state index contributed by atoms with van der Waals surface area (Å²) in [5, 5.41) is 0. The third-order valence-electron chi connectivity index (χ3n) is 5.70. The van der Waals surface area contributed by atoms with Crippen LogP contribution in [0.15, 0.2) is 34.9 Å². The number of hydrogen-bond acceptors (Lipinski definition) is 5. The molecule has 0 spiro atoms. The molecule has 1 saturated heterocycles. The SMILES string of the molecule is CCCN(CCC)C1=C(S(=O)(=O)N2CCC(C)CC2)C(=O)c2ccccc2C1=O. The largest absolute Gasteiger partial charge is 0.367 e. The lowest BCUT2D eigenvalue weighted by atomic mass is 9.91. The number of piperidine rings is 1. The molecular formula is C22H30N2O4S. The van der Waals surface area contributed by atoms with Crippen molar-refractivity contribution in [2.45, 2.75) is 46.5 Å². The minimum absolute atomic E-state index is 0.0519. The number of carbonyl (C=O) groups is 2. The van der Waals surface area contributed by atoms with Crippen LogP contribution in [-0.2, 0) is 10.0 Å². The topological polar surface area (TPSA) is 74.8 Å². The van der Waals surface area contributed by atoms with E-state index < -0.39 is 15.8 Å². The Morgan fingerprint density at radius 3 is 2.00 bits per heavy atom. The van der Waals surface area contributed by atoms with Crippen LogP contribution in [0.1, 0.15) is 67.2 Å². The Labute approximate surface area is 173 Å². The van der Waals surface area contributed by atoms with Crippen molar-refractivity contribution in [2.75, 3.05) is 26.2 Å². The van der Waals surface area contributed by atoms with Crippen LogP contribution in [0.5, 0.6) is 0 Å². The first-order chi connectivity index (χ1) is 13.8. The molecule has 0 bridgehead atoms. The van der Waals surface area contributed by atoms with Gasteiger partial charge in [0.05, 0.1) is 0 Å². The Hall–Kier alpha value is -1.99. The van der Waals surface area contributed by atoms with Crippen LogP contribution < -0.4 is 0 Å². The minimum atomic E-state index is -4.06. The highest BCUT2D eigenvalue weighted by Gasteiger charge is 2.43. The van der Waals surface area contributed by atoms with Gasteiger partial charge in [0, 0.05) is 37.3 Å². The fraction of sp³-hybridized carbons (Fsp3) is 0.545. The molecule has 1 aromatic rings. The highest BCUT2D eigenvalue weighted by Crippen LogP contribution is 2.34. The second-order valence-electron chi connectivity index (χ2n) is 7.96. The maximum Gasteiger partial charge on any atom is 0.249 e. The average Bonchev–Trinajstić information content (AvgIpc) is 2.70. The average molecular weight is 419 g/mol. The molecule has 7 heteroatoms. The fourth-order valence-corrected chi connectivity index (χ4v) is 5.86. The zero-order valence-corrected chi connectivity index (χ0v) is 18.3. The molecule has 1 aromatic carbocycles. The van der Waals surface area contributed by atoms with Crippen LogP contribution in [0, 0.1) is 5.92 Å². The van der Waals surface area contributed by atoms with E-state index in [0.29, 0.717) is 32.1 Å². The summed E-state index contributed by atoms with van der Waals surface area (Å²) >= 11 is 0. The third kappa shape index (κ3) is 4.03. The summed E-state index contributed by atoms with van der Waals surface area (Å²) in [7, 11) is -4.06. The van der Waals surface area contributed by atoms with Crippen molar-refractivity contribution >= 4 is 21.6 Å². The van der Waals surface area contributed by atoms with E-state index in [-0.39, 0.29) is 27.5 Å². The monoisotopic (exact) mass is 418 g/mol. The van der Waals surface area contributed by atoms with E-state index in [0.717, 1.165) is 25.7 Å². The van der Waals surface area contributed by atoms with E-state index in [2.05, 4.69) is 6.92 Å². The van der Waals surface area contributed by atoms with Crippen molar-refractivity contribution in [2.24, 2.45) is 5.92 Å². The zero-order chi connectivity index (χ0) is 21.2. The Morgan fingerprint density at radius 1 is 0.966 bits per heavy atom. The molecule has 29 heavy (non-hydrogen) atoms. The second kappa shape index (κ2) is 8.79. The van der Waals surface area contributed by atoms with Gasteiger partial charge >= 0.3 is 0 Å². The number of ketones is 2. The molecule has 0 atom stereocenters. The molecule has 1 fully saturated rings. The molecule has 0 amide bonds. The van der Waals surface area contributed by atoms with E-state index in [1.165, 1.54) is 4.31 Å². The molecule has 1 aliphatic carbocycles. The first-order valence-corrected chi connectivity index (χ1v) is 11.9. The van der Waals surface area contributed by atoms with Crippen LogP contribution in [0.3, 0.4) is 0 Å². The first-order valence-electron chi connectivity index (χ1n) is 10.5. The number of sulfonamides is 1. The van der Waals surface area contributed by atoms with Gasteiger partial charge in [-0.25, -0.2) is 8.42 Å². The summed E-state index contributed by atoms with van der Waals surface area (Å²) < 4.78 is 28.6. The third-order valence-corrected chi connectivity index (χ3v) is 7.64. The molecule has 0 saturated carbocycles. The highest BCUT2D eigenvalue weighted by atomic mass is 32.2. The Kier molecular flexibility index (Phi) is 6.58. The molecular weight excluding hydrogens is 388 g/mol. The maximum absolute atomic E-state index is 13.6. The summed E-state index contributed by atoms with van der Waals surface area (Å²) in [5.74, 6) is -0.479. The predicted octanol–water partition coefficient (Wildman–Crippen LogP) is 3.46. The lowest BCUT2D eigenvalue weighted by molar-refractivity contribution is 0.0945. The van der Waals surface area contributed by atoms with Gasteiger partial charge in [-0.3, -0.25) is 9.59 Å². The van der Waals surface area contributed by atoms with Gasteiger partial charge < -0.3 is 4.90 Å². The number of fused-ring (bicyclic) bond motifs is 1. The first kappa shape index (κ1) is 21.7. The molecule has 3 rings (SSSR count). The second-order valence-corrected chi connectivity index (χ2v) is 9.83. The lowest BCUT2D eigenvalue weighted by Gasteiger charge is -2.34. The van der Waals surface area contributed by atoms with E-state index in [1.54, 1.807) is 29.2 Å². The van der Waals surface area contributed by atoms with Crippen LogP contribution in [0.2, 0.25) is 0 Å². The van der Waals surface area contributed by atoms with Crippen molar-refractivity contribution in [1.82, 2.24) is 9.21 Å². The molecule has 6 nitrogen and oxygen atoms in total. The van der Waals surface area contributed by atoms with E-state index in [1.807, 2.05) is 13.8 Å². The standard InChI is InChI=1S/C22H30N2O4S/c1-4-12-23(13-5-2)19-20(25)17-8-6-7-9-18(17)21(26)22(19)29(27,28)24-14-10-16(3)11-15-24/h6-9,16H,4-5,10-15H2,1-3H3. The molecule has 0 unspecified atom stereocenters. The molecule has 1 aliphatic heterocycles. The van der Waals surface area contributed by atoms with Gasteiger partial charge in [-0.05, 0) is 31.6 Å². The molecule has 2 aliphatic rings. The van der Waals surface area contributed by atoms with Gasteiger partial charge in [-0.2, -0.15) is 4.31 Å². The van der Waals surface area contributed by atoms with Gasteiger partial charge in [0.2, 0.25) is 21.6 Å². The van der Waals surface area contributed by atoms with Crippen molar-refractivity contribution in [3.05, 3.63) is 46.0 Å². The Balaban J connectivity index is 2.19. The number of Topliss-reactive ketones (excluding diaryl/α,β-unsaturated/α-hetero) is 2. The molecule has 0 N–H and O–H groups in total. The highest BCUT2D eigenvalue weighted by molar-refractivity contribution is 7.94. The van der Waals surface area contributed by atoms with Crippen LogP contribution >= 0.6 is 0 Å². The van der Waals surface area contributed by atoms with Gasteiger partial charge in [0.15, 0.2) is 4.91 Å². The Morgan fingerprint density at radius 2 is 1.48 bits per heavy atom. The van der Waals surface area contributed by atoms with Crippen molar-refractivity contribution in [1.29, 1.82) is 0 Å². The number of hydrogen-bond donors (Lipinski definition) is 0. The van der Waals surface area contributed by atoms with Gasteiger partial charge in [-0.1, -0.05) is 45.0 Å². The van der Waals surface area contributed by atoms with Gasteiger partial charge in [-0.15, -0.1) is 0 Å². The lowest BCUT2D eigenvalue weighted by Crippen LogP contribution is -2.44. The van der Waals surface area contributed by atoms with E-state index in [9.17, 15) is 18.0 Å². The quantitative estimate of drug-likeness (QED) is 0.678. The minimum Gasteiger partial charge on any atom is -0.367 e. The number of benzene rings is 1. The fourth-order valence-electron chi connectivity index (χ4n) is 4.10. The van der Waals surface area contributed by atoms with Crippen LogP contribution in [0.25, 0.3) is 0 Å². The van der Waals surface area contributed by atoms with E-state index in [4.69, 9.17) is 0 Å². The molecule has 0 aromatic heterocycles. The summed E-state index contributed by atoms with van der Waals surface area (Å²) in [6.07, 6.45) is 3.02. The van der Waals surface area contributed by atoms with E-state index >= 15 is 0 Å². The molecule has 158 valence electrons. The number of allylic oxidation sites excluding steroid dienone is 2. The smallest absolute Gasteiger partial charge is 0.249 e. The summed E-state index contributed by atoms with van der Waals surface area (Å²) in [5.41, 5.74) is 0.519. The maximum atomic E-state index is 13.6.